The second-order valence-corrected chi connectivity index (χ2v) is 8.89. The molecule has 0 atom stereocenters. The molecule has 0 aliphatic heterocycles. The van der Waals surface area contributed by atoms with Crippen LogP contribution in [-0.2, 0) is 13.1 Å². The van der Waals surface area contributed by atoms with Crippen molar-refractivity contribution in [1.29, 1.82) is 0 Å². The predicted octanol–water partition coefficient (Wildman–Crippen LogP) is -0.110. The van der Waals surface area contributed by atoms with Gasteiger partial charge in [0.1, 0.15) is 13.1 Å². The number of hydrogen-bond donors (Lipinski definition) is 0. The van der Waals surface area contributed by atoms with Gasteiger partial charge in [-0.25, -0.2) is 0 Å². The average molecular weight is 580 g/mol. The van der Waals surface area contributed by atoms with Crippen molar-refractivity contribution in [3.8, 4) is 0 Å². The average Bonchev–Trinajstić information content (AvgIpc) is 2.78. The first kappa shape index (κ1) is 26.2. The van der Waals surface area contributed by atoms with Crippen LogP contribution in [0.5, 0.6) is 0 Å². The third kappa shape index (κ3) is 6.04. The van der Waals surface area contributed by atoms with Gasteiger partial charge in [0.25, 0.3) is 0 Å². The van der Waals surface area contributed by atoms with E-state index in [-0.39, 0.29) is 34.0 Å². The molecule has 4 aromatic rings. The van der Waals surface area contributed by atoms with Gasteiger partial charge in [-0.15, -0.1) is 0 Å². The van der Waals surface area contributed by atoms with Crippen molar-refractivity contribution < 1.29 is 43.1 Å². The van der Waals surface area contributed by atoms with Gasteiger partial charge in [0.15, 0.2) is 0 Å². The molecule has 2 heterocycles. The molecule has 0 fully saturated rings. The summed E-state index contributed by atoms with van der Waals surface area (Å²) in [5, 5.41) is 5.33. The Hall–Kier alpha value is -1.08. The standard InChI is InChI=1S/C25H28N2S2.2BrH/c1-28-24-16-14-20-10-4-6-12-22(20)26(24)18-8-3-9-19-27-23-13-7-5-11-21(23)15-17-25(27)29-2;;/h4-7,10-17H,3,8-9,18-19H2,1-2H3;2*1H/q+2;;/p-2. The number of hydrogen-bond acceptors (Lipinski definition) is 2. The van der Waals surface area contributed by atoms with Gasteiger partial charge in [0.05, 0.1) is 0 Å². The van der Waals surface area contributed by atoms with Crippen molar-refractivity contribution in [3.63, 3.8) is 0 Å². The van der Waals surface area contributed by atoms with Crippen molar-refractivity contribution >= 4 is 45.3 Å². The van der Waals surface area contributed by atoms with Gasteiger partial charge in [0, 0.05) is 47.9 Å². The Kier molecular flexibility index (Phi) is 10.8. The summed E-state index contributed by atoms with van der Waals surface area (Å²) in [7, 11) is 0. The molecule has 2 nitrogen and oxygen atoms in total. The molecule has 0 N–H and O–H groups in total. The smallest absolute Gasteiger partial charge is 0.240 e. The van der Waals surface area contributed by atoms with Crippen LogP contribution in [0.3, 0.4) is 0 Å². The van der Waals surface area contributed by atoms with Crippen LogP contribution < -0.4 is 43.1 Å². The molecule has 164 valence electrons. The van der Waals surface area contributed by atoms with E-state index in [0.717, 1.165) is 13.1 Å². The van der Waals surface area contributed by atoms with Crippen LogP contribution in [0.2, 0.25) is 0 Å². The zero-order valence-corrected chi connectivity index (χ0v) is 22.7. The number of nitrogens with zero attached hydrogens (tertiary/aromatic N) is 2. The number of unbranched alkanes of at least 4 members (excludes halogenated alkanes) is 2. The lowest BCUT2D eigenvalue weighted by atomic mass is 10.2. The fraction of sp³-hybridized carbons (Fsp3) is 0.280. The summed E-state index contributed by atoms with van der Waals surface area (Å²) in [4.78, 5) is 0. The first-order valence-corrected chi connectivity index (χ1v) is 12.7. The van der Waals surface area contributed by atoms with Gasteiger partial charge in [-0.05, 0) is 43.2 Å². The fourth-order valence-electron chi connectivity index (χ4n) is 4.02. The predicted molar refractivity (Wildman–Crippen MR) is 126 cm³/mol. The summed E-state index contributed by atoms with van der Waals surface area (Å²) < 4.78 is 4.97. The van der Waals surface area contributed by atoms with Crippen LogP contribution in [0.1, 0.15) is 19.3 Å². The Morgan fingerprint density at radius 2 is 0.968 bits per heavy atom. The third-order valence-corrected chi connectivity index (χ3v) is 7.03. The first-order valence-electron chi connectivity index (χ1n) is 10.2. The molecule has 0 saturated carbocycles. The molecule has 31 heavy (non-hydrogen) atoms. The topological polar surface area (TPSA) is 7.76 Å². The second-order valence-electron chi connectivity index (χ2n) is 7.23. The highest BCUT2D eigenvalue weighted by molar-refractivity contribution is 7.98. The molecule has 0 amide bonds. The summed E-state index contributed by atoms with van der Waals surface area (Å²) in [5.41, 5.74) is 2.68. The Bertz CT molecular complexity index is 1050. The summed E-state index contributed by atoms with van der Waals surface area (Å²) >= 11 is 3.67. The molecule has 0 bridgehead atoms. The second kappa shape index (κ2) is 12.8. The molecular formula is C25H28Br2N2S2. The highest BCUT2D eigenvalue weighted by atomic mass is 79.9. The Balaban J connectivity index is 0.00000171. The quantitative estimate of drug-likeness (QED) is 0.163. The molecule has 0 aliphatic carbocycles. The molecule has 0 radical (unpaired) electrons. The van der Waals surface area contributed by atoms with Gasteiger partial charge >= 0.3 is 0 Å². The number of para-hydroxylation sites is 2. The van der Waals surface area contributed by atoms with E-state index in [0.29, 0.717) is 0 Å². The molecule has 0 spiro atoms. The molecule has 0 unspecified atom stereocenters. The maximum absolute atomic E-state index is 2.48. The normalized spacial score (nSPS) is 10.6. The summed E-state index contributed by atoms with van der Waals surface area (Å²) in [5.74, 6) is 0. The lowest BCUT2D eigenvalue weighted by Crippen LogP contribution is -3.00. The molecule has 2 aromatic heterocycles. The molecule has 4 rings (SSSR count). The van der Waals surface area contributed by atoms with Gasteiger partial charge < -0.3 is 34.0 Å². The summed E-state index contributed by atoms with van der Waals surface area (Å²) in [6.45, 7) is 2.15. The monoisotopic (exact) mass is 578 g/mol. The summed E-state index contributed by atoms with van der Waals surface area (Å²) in [6, 6.07) is 26.4. The number of aromatic nitrogens is 2. The van der Waals surface area contributed by atoms with Crippen LogP contribution in [0.4, 0.5) is 0 Å². The Labute approximate surface area is 215 Å². The van der Waals surface area contributed by atoms with Gasteiger partial charge in [-0.2, -0.15) is 9.13 Å². The van der Waals surface area contributed by atoms with Crippen molar-refractivity contribution in [2.45, 2.75) is 42.4 Å². The highest BCUT2D eigenvalue weighted by Gasteiger charge is 2.16. The van der Waals surface area contributed by atoms with Crippen LogP contribution in [0.25, 0.3) is 21.8 Å². The number of rotatable bonds is 8. The van der Waals surface area contributed by atoms with E-state index in [4.69, 9.17) is 0 Å². The Morgan fingerprint density at radius 1 is 0.548 bits per heavy atom. The SMILES string of the molecule is CSc1ccc2ccccc2[n+]1CCCCC[n+]1c(SC)ccc2ccccc21.[Br-].[Br-]. The molecular weight excluding hydrogens is 552 g/mol. The van der Waals surface area contributed by atoms with E-state index in [1.807, 2.05) is 23.5 Å². The third-order valence-electron chi connectivity index (χ3n) is 5.48. The van der Waals surface area contributed by atoms with Crippen molar-refractivity contribution in [1.82, 2.24) is 0 Å². The largest absolute Gasteiger partial charge is 1.00 e. The zero-order valence-electron chi connectivity index (χ0n) is 17.9. The maximum atomic E-state index is 2.48. The van der Waals surface area contributed by atoms with Gasteiger partial charge in [-0.3, -0.25) is 0 Å². The number of aryl methyl sites for hydroxylation is 2. The minimum absolute atomic E-state index is 0. The van der Waals surface area contributed by atoms with Crippen molar-refractivity contribution in [2.75, 3.05) is 12.5 Å². The number of thioether (sulfide) groups is 2. The van der Waals surface area contributed by atoms with Crippen molar-refractivity contribution in [2.24, 2.45) is 0 Å². The van der Waals surface area contributed by atoms with Gasteiger partial charge in [-0.1, -0.05) is 47.8 Å². The number of halogens is 2. The van der Waals surface area contributed by atoms with Crippen molar-refractivity contribution in [3.05, 3.63) is 72.8 Å². The molecule has 0 aliphatic rings. The van der Waals surface area contributed by atoms with E-state index in [9.17, 15) is 0 Å². The van der Waals surface area contributed by atoms with E-state index in [1.165, 1.54) is 51.1 Å². The van der Waals surface area contributed by atoms with Crippen LogP contribution in [0, 0.1) is 0 Å². The molecule has 0 saturated heterocycles. The lowest BCUT2D eigenvalue weighted by molar-refractivity contribution is -0.711. The van der Waals surface area contributed by atoms with Gasteiger partial charge in [0.2, 0.25) is 21.1 Å². The minimum Gasteiger partial charge on any atom is -1.00 e. The van der Waals surface area contributed by atoms with E-state index >= 15 is 0 Å². The minimum atomic E-state index is 0. The van der Waals surface area contributed by atoms with Crippen LogP contribution >= 0.6 is 23.5 Å². The van der Waals surface area contributed by atoms with Crippen LogP contribution in [0.15, 0.2) is 82.8 Å². The molecule has 2 aromatic carbocycles. The first-order chi connectivity index (χ1) is 14.3. The van der Waals surface area contributed by atoms with E-state index < -0.39 is 0 Å². The number of benzene rings is 2. The lowest BCUT2D eigenvalue weighted by Gasteiger charge is -2.07. The van der Waals surface area contributed by atoms with Crippen LogP contribution in [-0.4, -0.2) is 12.5 Å². The van der Waals surface area contributed by atoms with E-state index in [1.54, 1.807) is 0 Å². The molecule has 6 heteroatoms. The zero-order chi connectivity index (χ0) is 20.1. The fourth-order valence-corrected chi connectivity index (χ4v) is 5.25. The van der Waals surface area contributed by atoms with E-state index in [2.05, 4.69) is 94.4 Å². The Morgan fingerprint density at radius 3 is 1.39 bits per heavy atom. The highest BCUT2D eigenvalue weighted by Crippen LogP contribution is 2.18. The number of pyridine rings is 2. The number of fused-ring (bicyclic) bond motifs is 2. The maximum Gasteiger partial charge on any atom is 0.240 e. The summed E-state index contributed by atoms with van der Waals surface area (Å²) in [6.07, 6.45) is 7.97.